The van der Waals surface area contributed by atoms with Crippen molar-refractivity contribution in [3.05, 3.63) is 28.8 Å². The van der Waals surface area contributed by atoms with Gasteiger partial charge in [0.15, 0.2) is 6.54 Å². The number of fused-ring (bicyclic) bond motifs is 3. The Morgan fingerprint density at radius 1 is 1.10 bits per heavy atom. The molecule has 4 rings (SSSR count). The van der Waals surface area contributed by atoms with Crippen LogP contribution in [0.3, 0.4) is 0 Å². The average Bonchev–Trinajstić information content (AvgIpc) is 2.44. The summed E-state index contributed by atoms with van der Waals surface area (Å²) in [4.78, 5) is 15.0. The molecule has 0 aliphatic carbocycles. The zero-order valence-corrected chi connectivity index (χ0v) is 13.4. The fraction of sp³-hybridized carbons (Fsp3) is 0.588. The number of quaternary nitrogens is 1. The van der Waals surface area contributed by atoms with E-state index >= 15 is 0 Å². The lowest BCUT2D eigenvalue weighted by Crippen LogP contribution is -2.68. The van der Waals surface area contributed by atoms with Gasteiger partial charge in [-0.2, -0.15) is 0 Å². The van der Waals surface area contributed by atoms with Gasteiger partial charge in [-0.05, 0) is 31.9 Å². The van der Waals surface area contributed by atoms with Gasteiger partial charge in [0.25, 0.3) is 5.91 Å². The standard InChI is InChI=1S/C17H25N3O/c1-13-10-14(2)17(15(3)11-13)18-16(21)12-20-7-4-19(5-8-20)6-9-20/h10-11H,4-9,12H2,1-3H3/p+1. The van der Waals surface area contributed by atoms with Crippen LogP contribution in [-0.2, 0) is 4.79 Å². The van der Waals surface area contributed by atoms with E-state index in [2.05, 4.69) is 43.1 Å². The smallest absolute Gasteiger partial charge is 0.279 e. The third-order valence-corrected chi connectivity index (χ3v) is 5.09. The highest BCUT2D eigenvalue weighted by Crippen LogP contribution is 2.23. The van der Waals surface area contributed by atoms with E-state index in [1.54, 1.807) is 0 Å². The van der Waals surface area contributed by atoms with Crippen LogP contribution < -0.4 is 5.32 Å². The first-order valence-corrected chi connectivity index (χ1v) is 7.93. The van der Waals surface area contributed by atoms with Gasteiger partial charge in [0, 0.05) is 25.3 Å². The molecule has 3 fully saturated rings. The van der Waals surface area contributed by atoms with E-state index in [-0.39, 0.29) is 5.91 Å². The lowest BCUT2D eigenvalue weighted by atomic mass is 10.0. The summed E-state index contributed by atoms with van der Waals surface area (Å²) in [5.74, 6) is 0.167. The van der Waals surface area contributed by atoms with Crippen molar-refractivity contribution in [2.24, 2.45) is 0 Å². The molecule has 2 bridgehead atoms. The zero-order chi connectivity index (χ0) is 15.0. The highest BCUT2D eigenvalue weighted by Gasteiger charge is 2.39. The van der Waals surface area contributed by atoms with E-state index < -0.39 is 0 Å². The molecule has 0 unspecified atom stereocenters. The Hall–Kier alpha value is -1.39. The molecule has 3 aliphatic heterocycles. The maximum absolute atomic E-state index is 12.5. The van der Waals surface area contributed by atoms with E-state index in [0.29, 0.717) is 6.54 Å². The number of hydrogen-bond acceptors (Lipinski definition) is 2. The first-order valence-electron chi connectivity index (χ1n) is 7.93. The lowest BCUT2D eigenvalue weighted by molar-refractivity contribution is -0.933. The minimum Gasteiger partial charge on any atom is -0.321 e. The first kappa shape index (κ1) is 14.5. The van der Waals surface area contributed by atoms with Gasteiger partial charge < -0.3 is 9.80 Å². The summed E-state index contributed by atoms with van der Waals surface area (Å²) in [6.07, 6.45) is 0. The summed E-state index contributed by atoms with van der Waals surface area (Å²) in [5, 5.41) is 3.16. The van der Waals surface area contributed by atoms with Crippen LogP contribution in [0.4, 0.5) is 5.69 Å². The number of piperazine rings is 3. The van der Waals surface area contributed by atoms with Crippen molar-refractivity contribution in [3.8, 4) is 0 Å². The van der Waals surface area contributed by atoms with Crippen LogP contribution in [0.25, 0.3) is 0 Å². The summed E-state index contributed by atoms with van der Waals surface area (Å²) in [6, 6.07) is 4.27. The third kappa shape index (κ3) is 2.97. The Morgan fingerprint density at radius 3 is 2.14 bits per heavy atom. The molecule has 0 spiro atoms. The fourth-order valence-corrected chi connectivity index (χ4v) is 3.83. The van der Waals surface area contributed by atoms with Crippen molar-refractivity contribution in [1.82, 2.24) is 4.90 Å². The number of nitrogens with one attached hydrogen (secondary N) is 1. The molecule has 3 saturated heterocycles. The average molecular weight is 288 g/mol. The predicted molar refractivity (Wildman–Crippen MR) is 85.5 cm³/mol. The molecule has 0 aromatic heterocycles. The van der Waals surface area contributed by atoms with Crippen LogP contribution in [-0.4, -0.2) is 61.1 Å². The number of anilines is 1. The molecule has 4 nitrogen and oxygen atoms in total. The predicted octanol–water partition coefficient (Wildman–Crippen LogP) is 1.70. The SMILES string of the molecule is Cc1cc(C)c(NC(=O)C[N+]23CCN(CC2)CC3)c(C)c1. The Labute approximate surface area is 127 Å². The molecule has 1 aromatic carbocycles. The molecule has 0 saturated carbocycles. The van der Waals surface area contributed by atoms with Gasteiger partial charge in [-0.1, -0.05) is 17.7 Å². The van der Waals surface area contributed by atoms with Crippen LogP contribution >= 0.6 is 0 Å². The molecule has 114 valence electrons. The maximum Gasteiger partial charge on any atom is 0.279 e. The highest BCUT2D eigenvalue weighted by atomic mass is 16.2. The summed E-state index contributed by atoms with van der Waals surface area (Å²) in [6.45, 7) is 13.7. The van der Waals surface area contributed by atoms with Gasteiger partial charge >= 0.3 is 0 Å². The number of carbonyl (C=O) groups is 1. The van der Waals surface area contributed by atoms with E-state index in [9.17, 15) is 4.79 Å². The van der Waals surface area contributed by atoms with Gasteiger partial charge in [-0.25, -0.2) is 0 Å². The Balaban J connectivity index is 1.69. The first-order chi connectivity index (χ1) is 9.97. The van der Waals surface area contributed by atoms with Gasteiger partial charge in [-0.15, -0.1) is 0 Å². The topological polar surface area (TPSA) is 32.3 Å². The molecule has 21 heavy (non-hydrogen) atoms. The minimum absolute atomic E-state index is 0.167. The third-order valence-electron chi connectivity index (χ3n) is 5.09. The molecule has 3 aliphatic rings. The molecular formula is C17H26N3O+. The summed E-state index contributed by atoms with van der Waals surface area (Å²) in [7, 11) is 0. The van der Waals surface area contributed by atoms with Crippen molar-refractivity contribution in [3.63, 3.8) is 0 Å². The number of aryl methyl sites for hydroxylation is 3. The fourth-order valence-electron chi connectivity index (χ4n) is 3.83. The van der Waals surface area contributed by atoms with Crippen LogP contribution in [0.2, 0.25) is 0 Å². The number of carbonyl (C=O) groups excluding carboxylic acids is 1. The monoisotopic (exact) mass is 288 g/mol. The highest BCUT2D eigenvalue weighted by molar-refractivity contribution is 5.93. The second-order valence-corrected chi connectivity index (χ2v) is 6.83. The Morgan fingerprint density at radius 2 is 1.62 bits per heavy atom. The maximum atomic E-state index is 12.5. The largest absolute Gasteiger partial charge is 0.321 e. The molecule has 3 heterocycles. The molecule has 0 atom stereocenters. The Bertz CT molecular complexity index is 522. The van der Waals surface area contributed by atoms with Gasteiger partial charge in [0.2, 0.25) is 0 Å². The van der Waals surface area contributed by atoms with Crippen molar-refractivity contribution in [2.75, 3.05) is 51.1 Å². The quantitative estimate of drug-likeness (QED) is 0.859. The van der Waals surface area contributed by atoms with Crippen molar-refractivity contribution < 1.29 is 9.28 Å². The summed E-state index contributed by atoms with van der Waals surface area (Å²) < 4.78 is 0.978. The number of amides is 1. The number of hydrogen-bond donors (Lipinski definition) is 1. The second kappa shape index (κ2) is 5.43. The van der Waals surface area contributed by atoms with Gasteiger partial charge in [0.05, 0.1) is 19.6 Å². The number of benzene rings is 1. The molecule has 1 aromatic rings. The summed E-state index contributed by atoms with van der Waals surface area (Å²) in [5.41, 5.74) is 4.56. The molecule has 4 heteroatoms. The van der Waals surface area contributed by atoms with Crippen LogP contribution in [0.1, 0.15) is 16.7 Å². The molecule has 0 radical (unpaired) electrons. The lowest BCUT2D eigenvalue weighted by Gasteiger charge is -2.50. The Kier molecular flexibility index (Phi) is 3.76. The van der Waals surface area contributed by atoms with E-state index in [0.717, 1.165) is 60.6 Å². The van der Waals surface area contributed by atoms with Gasteiger partial charge in [0.1, 0.15) is 0 Å². The van der Waals surface area contributed by atoms with Crippen molar-refractivity contribution in [2.45, 2.75) is 20.8 Å². The van der Waals surface area contributed by atoms with Crippen LogP contribution in [0.5, 0.6) is 0 Å². The van der Waals surface area contributed by atoms with E-state index in [1.165, 1.54) is 5.56 Å². The minimum atomic E-state index is 0.167. The normalized spacial score (nSPS) is 27.7. The molecular weight excluding hydrogens is 262 g/mol. The second-order valence-electron chi connectivity index (χ2n) is 6.83. The van der Waals surface area contributed by atoms with Crippen molar-refractivity contribution in [1.29, 1.82) is 0 Å². The number of nitrogens with zero attached hydrogens (tertiary/aromatic N) is 2. The zero-order valence-electron chi connectivity index (χ0n) is 13.4. The van der Waals surface area contributed by atoms with E-state index in [4.69, 9.17) is 0 Å². The van der Waals surface area contributed by atoms with Crippen molar-refractivity contribution >= 4 is 11.6 Å². The summed E-state index contributed by atoms with van der Waals surface area (Å²) >= 11 is 0. The van der Waals surface area contributed by atoms with Gasteiger partial charge in [-0.3, -0.25) is 9.69 Å². The van der Waals surface area contributed by atoms with Crippen LogP contribution in [0.15, 0.2) is 12.1 Å². The van der Waals surface area contributed by atoms with E-state index in [1.807, 2.05) is 0 Å². The van der Waals surface area contributed by atoms with Crippen LogP contribution in [0, 0.1) is 20.8 Å². The number of rotatable bonds is 3. The molecule has 1 amide bonds. The molecule has 1 N–H and O–H groups in total.